The first-order valence-corrected chi connectivity index (χ1v) is 12.5. The number of pyridine rings is 2. The molecule has 1 aliphatic rings. The van der Waals surface area contributed by atoms with Crippen LogP contribution in [0, 0.1) is 0 Å². The normalized spacial score (nSPS) is 15.3. The Balaban J connectivity index is 0.000000172. The molecule has 0 radical (unpaired) electrons. The lowest BCUT2D eigenvalue weighted by molar-refractivity contribution is 0.0747. The van der Waals surface area contributed by atoms with E-state index in [0.717, 1.165) is 35.5 Å². The molecule has 2 aromatic heterocycles. The lowest BCUT2D eigenvalue weighted by atomic mass is 10.1. The second-order valence-electron chi connectivity index (χ2n) is 8.08. The van der Waals surface area contributed by atoms with Gasteiger partial charge in [0.05, 0.1) is 10.0 Å². The molecule has 2 aromatic carbocycles. The van der Waals surface area contributed by atoms with Crippen LogP contribution in [0.2, 0.25) is 20.4 Å². The van der Waals surface area contributed by atoms with Crippen LogP contribution in [0.3, 0.4) is 0 Å². The Hall–Kier alpha value is -2.15. The molecule has 1 aliphatic heterocycles. The third-order valence-electron chi connectivity index (χ3n) is 5.87. The first kappa shape index (κ1) is 25.9. The molecule has 1 saturated heterocycles. The van der Waals surface area contributed by atoms with Gasteiger partial charge in [0.1, 0.15) is 10.3 Å². The highest BCUT2D eigenvalue weighted by atomic mass is 35.5. The van der Waals surface area contributed by atoms with Crippen molar-refractivity contribution in [1.29, 1.82) is 0 Å². The first-order chi connectivity index (χ1) is 16.7. The predicted octanol–water partition coefficient (Wildman–Crippen LogP) is 8.09. The maximum Gasteiger partial charge on any atom is 0.254 e. The maximum absolute atomic E-state index is 12.5. The third-order valence-corrected chi connectivity index (χ3v) is 7.29. The Kier molecular flexibility index (Phi) is 8.04. The zero-order valence-electron chi connectivity index (χ0n) is 18.4. The highest BCUT2D eigenvalue weighted by Gasteiger charge is 2.26. The van der Waals surface area contributed by atoms with Crippen LogP contribution in [0.1, 0.15) is 40.5 Å². The van der Waals surface area contributed by atoms with Crippen LogP contribution >= 0.6 is 58.0 Å². The number of benzene rings is 2. The van der Waals surface area contributed by atoms with Crippen molar-refractivity contribution < 1.29 is 9.59 Å². The minimum atomic E-state index is -0.534. The van der Waals surface area contributed by atoms with Crippen LogP contribution in [-0.4, -0.2) is 38.6 Å². The van der Waals surface area contributed by atoms with Gasteiger partial charge in [-0.05, 0) is 55.6 Å². The molecule has 0 saturated carbocycles. The van der Waals surface area contributed by atoms with E-state index < -0.39 is 5.24 Å². The van der Waals surface area contributed by atoms with E-state index in [9.17, 15) is 9.59 Å². The molecule has 5 nitrogen and oxygen atoms in total. The molecular formula is C25H18Cl5N3O2. The number of hydrogen-bond donors (Lipinski definition) is 0. The summed E-state index contributed by atoms with van der Waals surface area (Å²) in [6.45, 7) is 2.90. The first-order valence-electron chi connectivity index (χ1n) is 10.7. The van der Waals surface area contributed by atoms with Gasteiger partial charge in [-0.25, -0.2) is 9.97 Å². The van der Waals surface area contributed by atoms with Crippen molar-refractivity contribution in [1.82, 2.24) is 14.9 Å². The largest absolute Gasteiger partial charge is 0.336 e. The molecule has 1 amide bonds. The zero-order valence-corrected chi connectivity index (χ0v) is 22.1. The van der Waals surface area contributed by atoms with Crippen LogP contribution in [0.15, 0.2) is 48.8 Å². The van der Waals surface area contributed by atoms with Gasteiger partial charge in [0.15, 0.2) is 0 Å². The van der Waals surface area contributed by atoms with Crippen LogP contribution in [0.4, 0.5) is 0 Å². The van der Waals surface area contributed by atoms with Gasteiger partial charge in [-0.1, -0.05) is 58.5 Å². The van der Waals surface area contributed by atoms with Crippen molar-refractivity contribution >= 4 is 90.7 Å². The lowest BCUT2D eigenvalue weighted by Crippen LogP contribution is -2.33. The topological polar surface area (TPSA) is 63.2 Å². The Morgan fingerprint density at radius 1 is 0.829 bits per heavy atom. The molecule has 0 aliphatic carbocycles. The average molecular weight is 570 g/mol. The molecule has 10 heteroatoms. The SMILES string of the molecule is CC1CCCN1C(=O)c1ccc2c(Cl)cnc(Cl)c2c1.O=C(Cl)c1ccc2c(Cl)cnc(Cl)c2c1. The van der Waals surface area contributed by atoms with Gasteiger partial charge in [-0.2, -0.15) is 0 Å². The number of rotatable bonds is 2. The summed E-state index contributed by atoms with van der Waals surface area (Å²) >= 11 is 29.4. The fourth-order valence-corrected chi connectivity index (χ4v) is 4.96. The number of carbonyl (C=O) groups is 2. The summed E-state index contributed by atoms with van der Waals surface area (Å²) in [5, 5.41) is 4.07. The molecule has 4 aromatic rings. The fourth-order valence-electron chi connectivity index (χ4n) is 4.01. The molecule has 0 spiro atoms. The van der Waals surface area contributed by atoms with Gasteiger partial charge in [0.25, 0.3) is 11.1 Å². The van der Waals surface area contributed by atoms with E-state index >= 15 is 0 Å². The summed E-state index contributed by atoms with van der Waals surface area (Å²) in [6.07, 6.45) is 5.12. The van der Waals surface area contributed by atoms with E-state index in [1.54, 1.807) is 30.3 Å². The number of amides is 1. The van der Waals surface area contributed by atoms with E-state index in [0.29, 0.717) is 42.9 Å². The maximum atomic E-state index is 12.5. The number of nitrogens with zero attached hydrogens (tertiary/aromatic N) is 3. The molecular weight excluding hydrogens is 552 g/mol. The van der Waals surface area contributed by atoms with Crippen molar-refractivity contribution in [2.45, 2.75) is 25.8 Å². The van der Waals surface area contributed by atoms with Gasteiger partial charge >= 0.3 is 0 Å². The summed E-state index contributed by atoms with van der Waals surface area (Å²) < 4.78 is 0. The summed E-state index contributed by atoms with van der Waals surface area (Å²) in [5.74, 6) is 0.0490. The fraction of sp³-hybridized carbons (Fsp3) is 0.200. The molecule has 3 heterocycles. The van der Waals surface area contributed by atoms with Gasteiger partial charge in [0.2, 0.25) is 0 Å². The summed E-state index contributed by atoms with van der Waals surface area (Å²) in [7, 11) is 0. The smallest absolute Gasteiger partial charge is 0.254 e. The van der Waals surface area contributed by atoms with Crippen molar-refractivity contribution in [2.75, 3.05) is 6.54 Å². The van der Waals surface area contributed by atoms with Crippen molar-refractivity contribution in [3.8, 4) is 0 Å². The van der Waals surface area contributed by atoms with Gasteiger partial charge < -0.3 is 4.90 Å². The Labute approximate surface area is 226 Å². The molecule has 180 valence electrons. The molecule has 1 atom stereocenters. The van der Waals surface area contributed by atoms with Gasteiger partial charge in [0, 0.05) is 57.7 Å². The van der Waals surface area contributed by atoms with E-state index in [1.165, 1.54) is 12.4 Å². The summed E-state index contributed by atoms with van der Waals surface area (Å²) in [5.41, 5.74) is 1.01. The van der Waals surface area contributed by atoms with E-state index in [-0.39, 0.29) is 5.91 Å². The molecule has 1 fully saturated rings. The van der Waals surface area contributed by atoms with Crippen molar-refractivity contribution in [3.05, 3.63) is 80.3 Å². The van der Waals surface area contributed by atoms with Crippen molar-refractivity contribution in [3.63, 3.8) is 0 Å². The van der Waals surface area contributed by atoms with Gasteiger partial charge in [-0.15, -0.1) is 0 Å². The van der Waals surface area contributed by atoms with Gasteiger partial charge in [-0.3, -0.25) is 9.59 Å². The molecule has 35 heavy (non-hydrogen) atoms. The predicted molar refractivity (Wildman–Crippen MR) is 143 cm³/mol. The van der Waals surface area contributed by atoms with Crippen LogP contribution in [0.25, 0.3) is 21.5 Å². The average Bonchev–Trinajstić information content (AvgIpc) is 3.29. The summed E-state index contributed by atoms with van der Waals surface area (Å²) in [4.78, 5) is 33.3. The number of carbonyl (C=O) groups excluding carboxylic acids is 2. The monoisotopic (exact) mass is 567 g/mol. The van der Waals surface area contributed by atoms with E-state index in [4.69, 9.17) is 58.0 Å². The lowest BCUT2D eigenvalue weighted by Gasteiger charge is -2.21. The van der Waals surface area contributed by atoms with Crippen LogP contribution in [-0.2, 0) is 0 Å². The van der Waals surface area contributed by atoms with Crippen LogP contribution in [0.5, 0.6) is 0 Å². The molecule has 1 unspecified atom stereocenters. The van der Waals surface area contributed by atoms with Crippen LogP contribution < -0.4 is 0 Å². The number of halogens is 5. The number of aromatic nitrogens is 2. The standard InChI is InChI=1S/C15H14Cl2N2O.C10H4Cl3NO/c1-9-3-2-6-19(9)15(20)10-4-5-11-12(7-10)14(17)18-8-13(11)16;11-8-4-14-9(12)7-3-5(10(13)15)1-2-6(7)8/h4-5,7-9H,2-3,6H2,1H3;1-4H. The zero-order chi connectivity index (χ0) is 25.3. The minimum Gasteiger partial charge on any atom is -0.336 e. The minimum absolute atomic E-state index is 0.0490. The highest BCUT2D eigenvalue weighted by Crippen LogP contribution is 2.30. The number of hydrogen-bond acceptors (Lipinski definition) is 4. The molecule has 0 N–H and O–H groups in total. The Bertz CT molecular complexity index is 1460. The number of fused-ring (bicyclic) bond motifs is 2. The molecule has 5 rings (SSSR count). The summed E-state index contributed by atoms with van der Waals surface area (Å²) in [6, 6.07) is 10.6. The number of likely N-dealkylation sites (tertiary alicyclic amines) is 1. The Morgan fingerprint density at radius 2 is 1.34 bits per heavy atom. The Morgan fingerprint density at radius 3 is 1.83 bits per heavy atom. The van der Waals surface area contributed by atoms with Crippen molar-refractivity contribution in [2.24, 2.45) is 0 Å². The van der Waals surface area contributed by atoms with E-state index in [2.05, 4.69) is 16.9 Å². The van der Waals surface area contributed by atoms with E-state index in [1.807, 2.05) is 11.0 Å². The highest BCUT2D eigenvalue weighted by molar-refractivity contribution is 6.67. The second-order valence-corrected chi connectivity index (χ2v) is 9.95. The molecule has 0 bridgehead atoms. The second kappa shape index (κ2) is 10.9. The quantitative estimate of drug-likeness (QED) is 0.181. The third kappa shape index (κ3) is 5.50.